The van der Waals surface area contributed by atoms with Crippen LogP contribution in [0.3, 0.4) is 0 Å². The van der Waals surface area contributed by atoms with E-state index < -0.39 is 0 Å². The van der Waals surface area contributed by atoms with E-state index in [4.69, 9.17) is 0 Å². The predicted octanol–water partition coefficient (Wildman–Crippen LogP) is 1.23. The first-order valence-corrected chi connectivity index (χ1v) is 4.87. The minimum atomic E-state index is 0.495. The summed E-state index contributed by atoms with van der Waals surface area (Å²) in [5, 5.41) is 6.88. The molecule has 1 saturated heterocycles. The van der Waals surface area contributed by atoms with Gasteiger partial charge < -0.3 is 10.6 Å². The number of piperazine rings is 1. The van der Waals surface area contributed by atoms with Gasteiger partial charge in [-0.05, 0) is 12.5 Å². The van der Waals surface area contributed by atoms with Crippen LogP contribution in [0.25, 0.3) is 0 Å². The average Bonchev–Trinajstić information content (AvgIpc) is 2.20. The van der Waals surface area contributed by atoms with E-state index in [0.29, 0.717) is 6.04 Å². The van der Waals surface area contributed by atoms with E-state index in [1.54, 1.807) is 0 Å². The zero-order valence-corrected chi connectivity index (χ0v) is 8.01. The van der Waals surface area contributed by atoms with Gasteiger partial charge in [-0.1, -0.05) is 29.8 Å². The van der Waals surface area contributed by atoms with Crippen molar-refractivity contribution in [3.8, 4) is 0 Å². The van der Waals surface area contributed by atoms with Gasteiger partial charge in [-0.25, -0.2) is 0 Å². The van der Waals surface area contributed by atoms with Gasteiger partial charge in [0, 0.05) is 25.7 Å². The maximum Gasteiger partial charge on any atom is 0.0447 e. The molecule has 2 rings (SSSR count). The van der Waals surface area contributed by atoms with Crippen molar-refractivity contribution in [3.63, 3.8) is 0 Å². The predicted molar refractivity (Wildman–Crippen MR) is 54.8 cm³/mol. The van der Waals surface area contributed by atoms with Crippen LogP contribution in [0.5, 0.6) is 0 Å². The van der Waals surface area contributed by atoms with Gasteiger partial charge in [0.1, 0.15) is 0 Å². The van der Waals surface area contributed by atoms with Gasteiger partial charge in [-0.2, -0.15) is 0 Å². The van der Waals surface area contributed by atoms with Crippen molar-refractivity contribution in [2.75, 3.05) is 19.6 Å². The zero-order chi connectivity index (χ0) is 9.10. The normalized spacial score (nSPS) is 23.0. The lowest BCUT2D eigenvalue weighted by Gasteiger charge is -2.24. The van der Waals surface area contributed by atoms with Gasteiger partial charge in [0.15, 0.2) is 0 Å². The van der Waals surface area contributed by atoms with Crippen molar-refractivity contribution in [3.05, 3.63) is 35.4 Å². The lowest BCUT2D eigenvalue weighted by Crippen LogP contribution is -2.42. The van der Waals surface area contributed by atoms with Crippen molar-refractivity contribution >= 4 is 0 Å². The molecule has 0 aromatic heterocycles. The summed E-state index contributed by atoms with van der Waals surface area (Å²) < 4.78 is 0. The van der Waals surface area contributed by atoms with Crippen LogP contribution in [0.2, 0.25) is 0 Å². The van der Waals surface area contributed by atoms with E-state index in [0.717, 1.165) is 19.6 Å². The van der Waals surface area contributed by atoms with E-state index in [9.17, 15) is 0 Å². The fourth-order valence-corrected chi connectivity index (χ4v) is 1.69. The Kier molecular flexibility index (Phi) is 2.62. The molecule has 0 unspecified atom stereocenters. The fraction of sp³-hybridized carbons (Fsp3) is 0.455. The highest BCUT2D eigenvalue weighted by Gasteiger charge is 2.12. The highest BCUT2D eigenvalue weighted by atomic mass is 15.1. The minimum absolute atomic E-state index is 0.495. The summed E-state index contributed by atoms with van der Waals surface area (Å²) in [5.41, 5.74) is 2.71. The zero-order valence-electron chi connectivity index (χ0n) is 8.01. The van der Waals surface area contributed by atoms with E-state index in [1.807, 2.05) is 0 Å². The Morgan fingerprint density at radius 3 is 2.54 bits per heavy atom. The van der Waals surface area contributed by atoms with E-state index >= 15 is 0 Å². The molecule has 1 heterocycles. The second-order valence-corrected chi connectivity index (χ2v) is 3.62. The molecule has 0 saturated carbocycles. The average molecular weight is 176 g/mol. The van der Waals surface area contributed by atoms with Crippen LogP contribution in [0.15, 0.2) is 24.3 Å². The molecule has 0 amide bonds. The Bertz CT molecular complexity index is 260. The summed E-state index contributed by atoms with van der Waals surface area (Å²) in [6.07, 6.45) is 0. The van der Waals surface area contributed by atoms with Crippen molar-refractivity contribution in [2.45, 2.75) is 13.0 Å². The summed E-state index contributed by atoms with van der Waals surface area (Å²) >= 11 is 0. The summed E-state index contributed by atoms with van der Waals surface area (Å²) in [4.78, 5) is 0. The number of rotatable bonds is 1. The molecule has 0 spiro atoms. The third kappa shape index (κ3) is 2.08. The molecule has 1 aromatic carbocycles. The Labute approximate surface area is 79.4 Å². The van der Waals surface area contributed by atoms with Crippen LogP contribution >= 0.6 is 0 Å². The van der Waals surface area contributed by atoms with Crippen molar-refractivity contribution < 1.29 is 0 Å². The van der Waals surface area contributed by atoms with Gasteiger partial charge in [0.05, 0.1) is 0 Å². The molecule has 0 aliphatic carbocycles. The summed E-state index contributed by atoms with van der Waals surface area (Å²) in [6.45, 7) is 5.32. The SMILES string of the molecule is Cc1ccc([C@H]2CNCCN2)cc1. The molecule has 1 aromatic rings. The maximum atomic E-state index is 3.49. The number of hydrogen-bond acceptors (Lipinski definition) is 2. The number of hydrogen-bond donors (Lipinski definition) is 2. The standard InChI is InChI=1S/C11H16N2/c1-9-2-4-10(5-3-9)11-8-12-6-7-13-11/h2-5,11-13H,6-8H2,1H3/t11-/m1/s1. The second kappa shape index (κ2) is 3.90. The van der Waals surface area contributed by atoms with Gasteiger partial charge in [-0.15, -0.1) is 0 Å². The van der Waals surface area contributed by atoms with Gasteiger partial charge in [-0.3, -0.25) is 0 Å². The van der Waals surface area contributed by atoms with Gasteiger partial charge in [0.25, 0.3) is 0 Å². The number of aryl methyl sites for hydroxylation is 1. The molecular weight excluding hydrogens is 160 g/mol. The molecular formula is C11H16N2. The molecule has 1 fully saturated rings. The summed E-state index contributed by atoms with van der Waals surface area (Å²) in [6, 6.07) is 9.26. The van der Waals surface area contributed by atoms with Crippen molar-refractivity contribution in [1.82, 2.24) is 10.6 Å². The quantitative estimate of drug-likeness (QED) is 0.672. The molecule has 1 aliphatic rings. The first-order chi connectivity index (χ1) is 6.36. The molecule has 2 heteroatoms. The first kappa shape index (κ1) is 8.73. The smallest absolute Gasteiger partial charge is 0.0447 e. The summed E-state index contributed by atoms with van der Waals surface area (Å²) in [5.74, 6) is 0. The largest absolute Gasteiger partial charge is 0.314 e. The molecule has 70 valence electrons. The van der Waals surface area contributed by atoms with Gasteiger partial charge in [0.2, 0.25) is 0 Å². The van der Waals surface area contributed by atoms with Crippen LogP contribution in [0.4, 0.5) is 0 Å². The third-order valence-corrected chi connectivity index (χ3v) is 2.52. The molecule has 13 heavy (non-hydrogen) atoms. The van der Waals surface area contributed by atoms with Crippen LogP contribution in [0.1, 0.15) is 17.2 Å². The molecule has 0 bridgehead atoms. The highest BCUT2D eigenvalue weighted by Crippen LogP contribution is 2.13. The van der Waals surface area contributed by atoms with E-state index in [-0.39, 0.29) is 0 Å². The molecule has 2 N–H and O–H groups in total. The third-order valence-electron chi connectivity index (χ3n) is 2.52. The number of benzene rings is 1. The topological polar surface area (TPSA) is 24.1 Å². The lowest BCUT2D eigenvalue weighted by molar-refractivity contribution is 0.430. The molecule has 1 aliphatic heterocycles. The van der Waals surface area contributed by atoms with Crippen LogP contribution in [-0.4, -0.2) is 19.6 Å². The Morgan fingerprint density at radius 1 is 1.15 bits per heavy atom. The van der Waals surface area contributed by atoms with Crippen LogP contribution < -0.4 is 10.6 Å². The van der Waals surface area contributed by atoms with Crippen LogP contribution in [0, 0.1) is 6.92 Å². The maximum absolute atomic E-state index is 3.49. The molecule has 2 nitrogen and oxygen atoms in total. The first-order valence-electron chi connectivity index (χ1n) is 4.87. The Balaban J connectivity index is 2.10. The fourth-order valence-electron chi connectivity index (χ4n) is 1.69. The Hall–Kier alpha value is -0.860. The van der Waals surface area contributed by atoms with Crippen molar-refractivity contribution in [2.24, 2.45) is 0 Å². The van der Waals surface area contributed by atoms with Crippen molar-refractivity contribution in [1.29, 1.82) is 0 Å². The minimum Gasteiger partial charge on any atom is -0.314 e. The van der Waals surface area contributed by atoms with E-state index in [2.05, 4.69) is 41.8 Å². The molecule has 0 radical (unpaired) electrons. The van der Waals surface area contributed by atoms with Crippen LogP contribution in [-0.2, 0) is 0 Å². The monoisotopic (exact) mass is 176 g/mol. The molecule has 1 atom stereocenters. The number of nitrogens with one attached hydrogen (secondary N) is 2. The van der Waals surface area contributed by atoms with E-state index in [1.165, 1.54) is 11.1 Å². The highest BCUT2D eigenvalue weighted by molar-refractivity contribution is 5.24. The second-order valence-electron chi connectivity index (χ2n) is 3.62. The lowest BCUT2D eigenvalue weighted by atomic mass is 10.0. The Morgan fingerprint density at radius 2 is 1.92 bits per heavy atom. The summed E-state index contributed by atoms with van der Waals surface area (Å²) in [7, 11) is 0. The van der Waals surface area contributed by atoms with Gasteiger partial charge >= 0.3 is 0 Å².